The van der Waals surface area contributed by atoms with Crippen molar-refractivity contribution in [3.8, 4) is 22.8 Å². The van der Waals surface area contributed by atoms with E-state index >= 15 is 0 Å². The van der Waals surface area contributed by atoms with E-state index in [9.17, 15) is 0 Å². The van der Waals surface area contributed by atoms with Crippen LogP contribution in [0.3, 0.4) is 0 Å². The number of halogens is 1. The average molecular weight is 283 g/mol. The fraction of sp³-hybridized carbons (Fsp3) is 0. The number of benzene rings is 2. The van der Waals surface area contributed by atoms with E-state index in [1.807, 2.05) is 54.6 Å². The van der Waals surface area contributed by atoms with E-state index in [1.54, 1.807) is 12.3 Å². The molecule has 0 amide bonds. The van der Waals surface area contributed by atoms with Crippen LogP contribution in [-0.2, 0) is 0 Å². The Morgan fingerprint density at radius 2 is 1.60 bits per heavy atom. The molecule has 0 aliphatic heterocycles. The van der Waals surface area contributed by atoms with E-state index in [2.05, 4.69) is 9.97 Å². The van der Waals surface area contributed by atoms with Crippen molar-refractivity contribution in [2.24, 2.45) is 0 Å². The lowest BCUT2D eigenvalue weighted by molar-refractivity contribution is 0.484. The number of nitrogens with zero attached hydrogens (tertiary/aromatic N) is 2. The summed E-state index contributed by atoms with van der Waals surface area (Å²) in [4.78, 5) is 8.11. The first-order valence-corrected chi connectivity index (χ1v) is 6.51. The molecule has 2 aromatic carbocycles. The lowest BCUT2D eigenvalue weighted by Gasteiger charge is -2.10. The van der Waals surface area contributed by atoms with E-state index in [0.29, 0.717) is 0 Å². The quantitative estimate of drug-likeness (QED) is 0.659. The monoisotopic (exact) mass is 282 g/mol. The molecule has 3 nitrogen and oxygen atoms in total. The maximum Gasteiger partial charge on any atom is 0.222 e. The van der Waals surface area contributed by atoms with Crippen LogP contribution in [0.2, 0.25) is 5.28 Å². The molecule has 0 N–H and O–H groups in total. The molecule has 0 aliphatic carbocycles. The summed E-state index contributed by atoms with van der Waals surface area (Å²) in [6.07, 6.45) is 1.63. The van der Waals surface area contributed by atoms with E-state index in [-0.39, 0.29) is 5.28 Å². The summed E-state index contributed by atoms with van der Waals surface area (Å²) in [6.45, 7) is 0. The Hall–Kier alpha value is -2.39. The van der Waals surface area contributed by atoms with Crippen LogP contribution in [0.5, 0.6) is 11.5 Å². The van der Waals surface area contributed by atoms with Gasteiger partial charge in [0.15, 0.2) is 0 Å². The summed E-state index contributed by atoms with van der Waals surface area (Å²) in [5.74, 6) is 1.51. The van der Waals surface area contributed by atoms with Crippen LogP contribution in [-0.4, -0.2) is 9.97 Å². The Labute approximate surface area is 121 Å². The normalized spacial score (nSPS) is 10.2. The van der Waals surface area contributed by atoms with Crippen molar-refractivity contribution < 1.29 is 4.74 Å². The molecule has 3 rings (SSSR count). The maximum atomic E-state index is 5.90. The molecule has 0 spiro atoms. The van der Waals surface area contributed by atoms with Crippen molar-refractivity contribution in [2.75, 3.05) is 0 Å². The Morgan fingerprint density at radius 3 is 2.40 bits per heavy atom. The summed E-state index contributed by atoms with van der Waals surface area (Å²) >= 11 is 5.84. The van der Waals surface area contributed by atoms with Crippen LogP contribution < -0.4 is 4.74 Å². The molecule has 1 aromatic heterocycles. The number of hydrogen-bond donors (Lipinski definition) is 0. The third kappa shape index (κ3) is 2.78. The second-order valence-electron chi connectivity index (χ2n) is 4.12. The first kappa shape index (κ1) is 12.6. The standard InChI is InChI=1S/C16H11ClN2O/c17-16-18-11-10-14(19-16)13-8-4-5-9-15(13)20-12-6-2-1-3-7-12/h1-11H. The van der Waals surface area contributed by atoms with Crippen LogP contribution in [0.25, 0.3) is 11.3 Å². The molecule has 0 aliphatic rings. The molecule has 0 fully saturated rings. The molecule has 3 aromatic rings. The highest BCUT2D eigenvalue weighted by Gasteiger charge is 2.08. The van der Waals surface area contributed by atoms with Gasteiger partial charge in [-0.15, -0.1) is 0 Å². The van der Waals surface area contributed by atoms with Gasteiger partial charge >= 0.3 is 0 Å². The van der Waals surface area contributed by atoms with Gasteiger partial charge < -0.3 is 4.74 Å². The van der Waals surface area contributed by atoms with Gasteiger partial charge in [-0.1, -0.05) is 30.3 Å². The fourth-order valence-corrected chi connectivity index (χ4v) is 2.02. The zero-order chi connectivity index (χ0) is 13.8. The molecule has 1 heterocycles. The van der Waals surface area contributed by atoms with Crippen LogP contribution in [0, 0.1) is 0 Å². The zero-order valence-corrected chi connectivity index (χ0v) is 11.3. The molecule has 0 unspecified atom stereocenters. The highest BCUT2D eigenvalue weighted by molar-refractivity contribution is 6.28. The zero-order valence-electron chi connectivity index (χ0n) is 10.5. The number of ether oxygens (including phenoxy) is 1. The number of hydrogen-bond acceptors (Lipinski definition) is 3. The fourth-order valence-electron chi connectivity index (χ4n) is 1.87. The summed E-state index contributed by atoms with van der Waals surface area (Å²) < 4.78 is 5.90. The highest BCUT2D eigenvalue weighted by Crippen LogP contribution is 2.32. The minimum Gasteiger partial charge on any atom is -0.457 e. The van der Waals surface area contributed by atoms with E-state index < -0.39 is 0 Å². The van der Waals surface area contributed by atoms with Crippen molar-refractivity contribution in [2.45, 2.75) is 0 Å². The molecule has 0 atom stereocenters. The van der Waals surface area contributed by atoms with Gasteiger partial charge in [0, 0.05) is 11.8 Å². The number of para-hydroxylation sites is 2. The molecule has 4 heteroatoms. The predicted molar refractivity (Wildman–Crippen MR) is 79.0 cm³/mol. The summed E-state index contributed by atoms with van der Waals surface area (Å²) in [7, 11) is 0. The van der Waals surface area contributed by atoms with Gasteiger partial charge in [0.2, 0.25) is 5.28 Å². The molecule has 0 radical (unpaired) electrons. The van der Waals surface area contributed by atoms with Gasteiger partial charge in [-0.2, -0.15) is 0 Å². The second kappa shape index (κ2) is 5.72. The predicted octanol–water partition coefficient (Wildman–Crippen LogP) is 4.59. The molecule has 0 saturated heterocycles. The first-order chi connectivity index (χ1) is 9.83. The minimum absolute atomic E-state index is 0.219. The lowest BCUT2D eigenvalue weighted by atomic mass is 10.1. The van der Waals surface area contributed by atoms with Crippen molar-refractivity contribution in [3.05, 3.63) is 72.1 Å². The van der Waals surface area contributed by atoms with E-state index in [4.69, 9.17) is 16.3 Å². The molecule has 98 valence electrons. The summed E-state index contributed by atoms with van der Waals surface area (Å²) in [5.41, 5.74) is 1.61. The molecule has 20 heavy (non-hydrogen) atoms. The number of rotatable bonds is 3. The van der Waals surface area contributed by atoms with Crippen LogP contribution in [0.4, 0.5) is 0 Å². The number of aromatic nitrogens is 2. The highest BCUT2D eigenvalue weighted by atomic mass is 35.5. The average Bonchev–Trinajstić information content (AvgIpc) is 2.49. The van der Waals surface area contributed by atoms with E-state index in [0.717, 1.165) is 22.8 Å². The van der Waals surface area contributed by atoms with Crippen molar-refractivity contribution in [3.63, 3.8) is 0 Å². The smallest absolute Gasteiger partial charge is 0.222 e. The topological polar surface area (TPSA) is 35.0 Å². The Bertz CT molecular complexity index is 716. The Balaban J connectivity index is 2.00. The summed E-state index contributed by atoms with van der Waals surface area (Å²) in [6, 6.07) is 19.1. The van der Waals surface area contributed by atoms with Gasteiger partial charge in [-0.25, -0.2) is 9.97 Å². The molecular weight excluding hydrogens is 272 g/mol. The van der Waals surface area contributed by atoms with Crippen LogP contribution in [0.15, 0.2) is 66.9 Å². The molecular formula is C16H11ClN2O. The summed E-state index contributed by atoms with van der Waals surface area (Å²) in [5, 5.41) is 0.219. The van der Waals surface area contributed by atoms with Crippen molar-refractivity contribution >= 4 is 11.6 Å². The van der Waals surface area contributed by atoms with Crippen molar-refractivity contribution in [1.29, 1.82) is 0 Å². The van der Waals surface area contributed by atoms with Gasteiger partial charge in [-0.05, 0) is 41.9 Å². The lowest BCUT2D eigenvalue weighted by Crippen LogP contribution is -1.91. The van der Waals surface area contributed by atoms with Gasteiger partial charge in [0.25, 0.3) is 0 Å². The van der Waals surface area contributed by atoms with Gasteiger partial charge in [0.05, 0.1) is 5.69 Å². The maximum absolute atomic E-state index is 5.90. The first-order valence-electron chi connectivity index (χ1n) is 6.14. The minimum atomic E-state index is 0.219. The third-order valence-corrected chi connectivity index (χ3v) is 2.94. The SMILES string of the molecule is Clc1nccc(-c2ccccc2Oc2ccccc2)n1. The van der Waals surface area contributed by atoms with Crippen LogP contribution in [0.1, 0.15) is 0 Å². The largest absolute Gasteiger partial charge is 0.457 e. The third-order valence-electron chi connectivity index (χ3n) is 2.76. The van der Waals surface area contributed by atoms with E-state index in [1.165, 1.54) is 0 Å². The van der Waals surface area contributed by atoms with Crippen molar-refractivity contribution in [1.82, 2.24) is 9.97 Å². The Morgan fingerprint density at radius 1 is 0.850 bits per heavy atom. The Kier molecular flexibility index (Phi) is 3.61. The van der Waals surface area contributed by atoms with Crippen LogP contribution >= 0.6 is 11.6 Å². The van der Waals surface area contributed by atoms with Gasteiger partial charge in [-0.3, -0.25) is 0 Å². The molecule has 0 bridgehead atoms. The van der Waals surface area contributed by atoms with Gasteiger partial charge in [0.1, 0.15) is 11.5 Å². The second-order valence-corrected chi connectivity index (χ2v) is 4.46. The molecule has 0 saturated carbocycles.